The van der Waals surface area contributed by atoms with Crippen molar-refractivity contribution < 1.29 is 14.6 Å². The van der Waals surface area contributed by atoms with Gasteiger partial charge in [-0.2, -0.15) is 0 Å². The van der Waals surface area contributed by atoms with Gasteiger partial charge in [0.2, 0.25) is 0 Å². The Bertz CT molecular complexity index is 789. The second kappa shape index (κ2) is 16.4. The fraction of sp³-hybridized carbons (Fsp3) is 0.758. The standard InChI is InChI=1S/C33H56O3/c1-24(2)13-10-14-25(3)15-11-16-26(4)17-12-18-27(5)20-21-30-23-31(34)28(6)29(7)33(30)36-32-19-8-9-22-35-32/h20,23-26,32,34H,8-19,21-22H2,1-7H3/b27-20+/t25-,26-,32?/m1/s1. The number of hydrogen-bond donors (Lipinski definition) is 1. The molecule has 3 heteroatoms. The molecule has 1 aromatic rings. The summed E-state index contributed by atoms with van der Waals surface area (Å²) in [7, 11) is 0. The molecule has 0 radical (unpaired) electrons. The molecule has 0 aromatic heterocycles. The third kappa shape index (κ3) is 11.3. The Morgan fingerprint density at radius 3 is 2.22 bits per heavy atom. The molecular weight excluding hydrogens is 444 g/mol. The van der Waals surface area contributed by atoms with Crippen LogP contribution in [0, 0.1) is 31.6 Å². The van der Waals surface area contributed by atoms with Crippen LogP contribution in [-0.4, -0.2) is 18.0 Å². The number of benzene rings is 1. The van der Waals surface area contributed by atoms with Crippen molar-refractivity contribution in [2.24, 2.45) is 17.8 Å². The van der Waals surface area contributed by atoms with Gasteiger partial charge in [0, 0.05) is 12.0 Å². The number of allylic oxidation sites excluding steroid dienone is 2. The van der Waals surface area contributed by atoms with Crippen LogP contribution in [0.2, 0.25) is 0 Å². The Kier molecular flexibility index (Phi) is 14.0. The molecule has 1 heterocycles. The molecule has 1 aromatic carbocycles. The lowest BCUT2D eigenvalue weighted by Gasteiger charge is -2.26. The Balaban J connectivity index is 1.77. The highest BCUT2D eigenvalue weighted by molar-refractivity contribution is 5.52. The van der Waals surface area contributed by atoms with Crippen molar-refractivity contribution in [3.8, 4) is 11.5 Å². The van der Waals surface area contributed by atoms with Gasteiger partial charge in [-0.05, 0) is 87.8 Å². The normalized spacial score (nSPS) is 18.4. The van der Waals surface area contributed by atoms with Gasteiger partial charge in [0.05, 0.1) is 6.61 Å². The molecule has 1 fully saturated rings. The van der Waals surface area contributed by atoms with Crippen LogP contribution in [0.25, 0.3) is 0 Å². The number of rotatable bonds is 16. The minimum atomic E-state index is -0.172. The quantitative estimate of drug-likeness (QED) is 0.229. The molecule has 1 aliphatic heterocycles. The van der Waals surface area contributed by atoms with Gasteiger partial charge in [-0.3, -0.25) is 0 Å². The van der Waals surface area contributed by atoms with Crippen molar-refractivity contribution in [2.45, 2.75) is 138 Å². The molecule has 206 valence electrons. The first-order valence-electron chi connectivity index (χ1n) is 14.9. The van der Waals surface area contributed by atoms with Crippen LogP contribution in [0.3, 0.4) is 0 Å². The van der Waals surface area contributed by atoms with E-state index in [0.717, 1.165) is 78.9 Å². The van der Waals surface area contributed by atoms with Gasteiger partial charge in [-0.25, -0.2) is 0 Å². The van der Waals surface area contributed by atoms with Gasteiger partial charge in [-0.15, -0.1) is 0 Å². The first-order chi connectivity index (χ1) is 17.2. The summed E-state index contributed by atoms with van der Waals surface area (Å²) in [4.78, 5) is 0. The summed E-state index contributed by atoms with van der Waals surface area (Å²) >= 11 is 0. The zero-order valence-corrected chi connectivity index (χ0v) is 24.6. The second-order valence-electron chi connectivity index (χ2n) is 12.2. The molecule has 1 unspecified atom stereocenters. The van der Waals surface area contributed by atoms with E-state index in [-0.39, 0.29) is 6.29 Å². The molecular formula is C33H56O3. The number of aromatic hydroxyl groups is 1. The van der Waals surface area contributed by atoms with Crippen LogP contribution >= 0.6 is 0 Å². The Hall–Kier alpha value is -1.48. The van der Waals surface area contributed by atoms with E-state index >= 15 is 0 Å². The monoisotopic (exact) mass is 500 g/mol. The molecule has 2 rings (SSSR count). The maximum Gasteiger partial charge on any atom is 0.199 e. The topological polar surface area (TPSA) is 38.7 Å². The van der Waals surface area contributed by atoms with Gasteiger partial charge in [0.25, 0.3) is 0 Å². The highest BCUT2D eigenvalue weighted by Gasteiger charge is 2.20. The average molecular weight is 501 g/mol. The molecule has 1 saturated heterocycles. The molecule has 0 amide bonds. The molecule has 3 nitrogen and oxygen atoms in total. The fourth-order valence-electron chi connectivity index (χ4n) is 5.29. The maximum absolute atomic E-state index is 10.4. The number of hydrogen-bond acceptors (Lipinski definition) is 3. The van der Waals surface area contributed by atoms with Crippen LogP contribution < -0.4 is 4.74 Å². The van der Waals surface area contributed by atoms with Crippen molar-refractivity contribution in [1.29, 1.82) is 0 Å². The second-order valence-corrected chi connectivity index (χ2v) is 12.2. The Morgan fingerprint density at radius 2 is 1.61 bits per heavy atom. The van der Waals surface area contributed by atoms with Gasteiger partial charge in [0.15, 0.2) is 6.29 Å². The van der Waals surface area contributed by atoms with Gasteiger partial charge >= 0.3 is 0 Å². The van der Waals surface area contributed by atoms with E-state index in [0.29, 0.717) is 5.75 Å². The van der Waals surface area contributed by atoms with E-state index in [9.17, 15) is 5.11 Å². The lowest BCUT2D eigenvalue weighted by molar-refractivity contribution is -0.106. The number of phenols is 1. The average Bonchev–Trinajstić information content (AvgIpc) is 2.83. The SMILES string of the molecule is C/C(=C\Cc1cc(O)c(C)c(C)c1OC1CCCCO1)CCC[C@H](C)CCC[C@H](C)CCCC(C)C. The van der Waals surface area contributed by atoms with Crippen molar-refractivity contribution in [3.05, 3.63) is 34.4 Å². The van der Waals surface area contributed by atoms with Gasteiger partial charge in [0.1, 0.15) is 11.5 Å². The summed E-state index contributed by atoms with van der Waals surface area (Å²) in [6, 6.07) is 1.89. The largest absolute Gasteiger partial charge is 0.508 e. The van der Waals surface area contributed by atoms with E-state index in [1.165, 1.54) is 56.9 Å². The van der Waals surface area contributed by atoms with Crippen LogP contribution in [0.15, 0.2) is 17.7 Å². The predicted octanol–water partition coefficient (Wildman–Crippen LogP) is 9.84. The van der Waals surface area contributed by atoms with Crippen molar-refractivity contribution in [1.82, 2.24) is 0 Å². The lowest BCUT2D eigenvalue weighted by Crippen LogP contribution is -2.25. The highest BCUT2D eigenvalue weighted by atomic mass is 16.7. The van der Waals surface area contributed by atoms with Crippen LogP contribution in [0.1, 0.15) is 128 Å². The third-order valence-electron chi connectivity index (χ3n) is 8.09. The van der Waals surface area contributed by atoms with Gasteiger partial charge < -0.3 is 14.6 Å². The van der Waals surface area contributed by atoms with Crippen molar-refractivity contribution >= 4 is 0 Å². The minimum absolute atomic E-state index is 0.172. The molecule has 1 aliphatic rings. The highest BCUT2D eigenvalue weighted by Crippen LogP contribution is 2.35. The summed E-state index contributed by atoms with van der Waals surface area (Å²) < 4.78 is 12.2. The Labute approximate surface area is 223 Å². The van der Waals surface area contributed by atoms with E-state index < -0.39 is 0 Å². The molecule has 36 heavy (non-hydrogen) atoms. The van der Waals surface area contributed by atoms with E-state index in [4.69, 9.17) is 9.47 Å². The molecule has 0 saturated carbocycles. The Morgan fingerprint density at radius 1 is 0.972 bits per heavy atom. The van der Waals surface area contributed by atoms with E-state index in [1.54, 1.807) is 0 Å². The fourth-order valence-corrected chi connectivity index (χ4v) is 5.29. The van der Waals surface area contributed by atoms with Crippen molar-refractivity contribution in [2.75, 3.05) is 6.61 Å². The summed E-state index contributed by atoms with van der Waals surface area (Å²) in [6.45, 7) is 16.5. The van der Waals surface area contributed by atoms with Crippen LogP contribution in [0.4, 0.5) is 0 Å². The van der Waals surface area contributed by atoms with Crippen LogP contribution in [0.5, 0.6) is 11.5 Å². The molecule has 3 atom stereocenters. The first kappa shape index (κ1) is 30.7. The van der Waals surface area contributed by atoms with Crippen LogP contribution in [-0.2, 0) is 11.2 Å². The number of phenolic OH excluding ortho intramolecular Hbond substituents is 1. The molecule has 0 spiro atoms. The summed E-state index contributed by atoms with van der Waals surface area (Å²) in [6.07, 6.45) is 18.1. The van der Waals surface area contributed by atoms with E-state index in [1.807, 2.05) is 19.9 Å². The van der Waals surface area contributed by atoms with E-state index in [2.05, 4.69) is 40.7 Å². The zero-order chi connectivity index (χ0) is 26.5. The van der Waals surface area contributed by atoms with Crippen molar-refractivity contribution in [3.63, 3.8) is 0 Å². The summed E-state index contributed by atoms with van der Waals surface area (Å²) in [5.41, 5.74) is 4.40. The van der Waals surface area contributed by atoms with Gasteiger partial charge in [-0.1, -0.05) is 84.3 Å². The zero-order valence-electron chi connectivity index (χ0n) is 24.6. The summed E-state index contributed by atoms with van der Waals surface area (Å²) in [5.74, 6) is 3.79. The first-order valence-corrected chi connectivity index (χ1v) is 14.9. The lowest BCUT2D eigenvalue weighted by atomic mass is 9.91. The minimum Gasteiger partial charge on any atom is -0.508 e. The molecule has 1 N–H and O–H groups in total. The third-order valence-corrected chi connectivity index (χ3v) is 8.09. The predicted molar refractivity (Wildman–Crippen MR) is 154 cm³/mol. The number of ether oxygens (including phenoxy) is 2. The molecule has 0 bridgehead atoms. The smallest absolute Gasteiger partial charge is 0.199 e. The molecule has 0 aliphatic carbocycles. The summed E-state index contributed by atoms with van der Waals surface area (Å²) in [5, 5.41) is 10.4. The maximum atomic E-state index is 10.4.